The number of ether oxygens (including phenoxy) is 1. The number of methoxy groups -OCH3 is 1. The minimum atomic E-state index is 0.807. The average Bonchev–Trinajstić information content (AvgIpc) is 2.62. The summed E-state index contributed by atoms with van der Waals surface area (Å²) < 4.78 is 6.95. The van der Waals surface area contributed by atoms with Gasteiger partial charge in [0.2, 0.25) is 0 Å². The zero-order valence-electron chi connectivity index (χ0n) is 7.69. The van der Waals surface area contributed by atoms with Gasteiger partial charge in [-0.05, 0) is 6.42 Å². The van der Waals surface area contributed by atoms with Crippen LogP contribution in [0.2, 0.25) is 0 Å². The molecule has 0 saturated heterocycles. The Labute approximate surface area is 76.2 Å². The van der Waals surface area contributed by atoms with Gasteiger partial charge in [0.1, 0.15) is 11.4 Å². The molecule has 2 rings (SSSR count). The van der Waals surface area contributed by atoms with Crippen molar-refractivity contribution in [1.82, 2.24) is 14.6 Å². The van der Waals surface area contributed by atoms with Crippen molar-refractivity contribution in [3.05, 3.63) is 24.2 Å². The van der Waals surface area contributed by atoms with Crippen LogP contribution in [0.25, 0.3) is 5.65 Å². The first kappa shape index (κ1) is 8.04. The largest absolute Gasteiger partial charge is 0.495 e. The van der Waals surface area contributed by atoms with Gasteiger partial charge in [-0.15, -0.1) is 0 Å². The lowest BCUT2D eigenvalue weighted by molar-refractivity contribution is 0.405. The van der Waals surface area contributed by atoms with Crippen LogP contribution < -0.4 is 4.74 Å². The molecule has 2 aromatic rings. The quantitative estimate of drug-likeness (QED) is 0.694. The highest BCUT2D eigenvalue weighted by molar-refractivity contribution is 5.44. The molecule has 0 aliphatic rings. The molecule has 0 aliphatic heterocycles. The molecule has 0 radical (unpaired) electrons. The van der Waals surface area contributed by atoms with Gasteiger partial charge in [0.15, 0.2) is 5.65 Å². The van der Waals surface area contributed by atoms with Gasteiger partial charge in [-0.3, -0.25) is 0 Å². The number of hydrogen-bond acceptors (Lipinski definition) is 3. The lowest BCUT2D eigenvalue weighted by atomic mass is 10.3. The second-order valence-electron chi connectivity index (χ2n) is 2.74. The highest BCUT2D eigenvalue weighted by Crippen LogP contribution is 2.17. The number of rotatable bonds is 2. The van der Waals surface area contributed by atoms with E-state index >= 15 is 0 Å². The van der Waals surface area contributed by atoms with Gasteiger partial charge in [0, 0.05) is 18.5 Å². The van der Waals surface area contributed by atoms with Crippen molar-refractivity contribution in [2.45, 2.75) is 13.3 Å². The third-order valence-electron chi connectivity index (χ3n) is 1.98. The zero-order valence-corrected chi connectivity index (χ0v) is 7.69. The second-order valence-corrected chi connectivity index (χ2v) is 2.74. The van der Waals surface area contributed by atoms with Crippen LogP contribution in [-0.4, -0.2) is 21.7 Å². The Hall–Kier alpha value is -1.58. The van der Waals surface area contributed by atoms with Crippen LogP contribution in [0.15, 0.2) is 18.5 Å². The Bertz CT molecular complexity index is 384. The fourth-order valence-corrected chi connectivity index (χ4v) is 1.30. The maximum Gasteiger partial charge on any atom is 0.157 e. The van der Waals surface area contributed by atoms with Gasteiger partial charge in [0.25, 0.3) is 0 Å². The molecule has 0 atom stereocenters. The smallest absolute Gasteiger partial charge is 0.157 e. The lowest BCUT2D eigenvalue weighted by Crippen LogP contribution is -2.00. The molecule has 0 unspecified atom stereocenters. The van der Waals surface area contributed by atoms with Gasteiger partial charge < -0.3 is 4.74 Å². The van der Waals surface area contributed by atoms with Crippen LogP contribution >= 0.6 is 0 Å². The molecule has 13 heavy (non-hydrogen) atoms. The molecule has 4 nitrogen and oxygen atoms in total. The highest BCUT2D eigenvalue weighted by Gasteiger charge is 2.05. The lowest BCUT2D eigenvalue weighted by Gasteiger charge is -2.05. The van der Waals surface area contributed by atoms with Crippen molar-refractivity contribution in [1.29, 1.82) is 0 Å². The van der Waals surface area contributed by atoms with E-state index in [9.17, 15) is 0 Å². The Balaban J connectivity index is 2.67. The van der Waals surface area contributed by atoms with Crippen molar-refractivity contribution < 1.29 is 4.74 Å². The molecule has 0 N–H and O–H groups in total. The van der Waals surface area contributed by atoms with E-state index in [0.29, 0.717) is 0 Å². The second kappa shape index (κ2) is 3.05. The van der Waals surface area contributed by atoms with Crippen molar-refractivity contribution >= 4 is 5.65 Å². The monoisotopic (exact) mass is 177 g/mol. The first-order valence-electron chi connectivity index (χ1n) is 4.22. The van der Waals surface area contributed by atoms with E-state index in [1.54, 1.807) is 17.8 Å². The van der Waals surface area contributed by atoms with Crippen molar-refractivity contribution in [3.8, 4) is 5.75 Å². The topological polar surface area (TPSA) is 39.4 Å². The van der Waals surface area contributed by atoms with E-state index in [4.69, 9.17) is 4.74 Å². The molecule has 2 aromatic heterocycles. The molecular formula is C9H11N3O. The first-order valence-corrected chi connectivity index (χ1v) is 4.22. The number of hydrogen-bond donors (Lipinski definition) is 0. The number of imidazole rings is 1. The first-order chi connectivity index (χ1) is 6.35. The number of aromatic nitrogens is 3. The molecule has 0 aromatic carbocycles. The summed E-state index contributed by atoms with van der Waals surface area (Å²) in [6.07, 6.45) is 4.41. The highest BCUT2D eigenvalue weighted by atomic mass is 16.5. The van der Waals surface area contributed by atoms with Crippen LogP contribution in [0, 0.1) is 0 Å². The fraction of sp³-hybridized carbons (Fsp3) is 0.333. The van der Waals surface area contributed by atoms with Crippen LogP contribution in [0.5, 0.6) is 5.75 Å². The molecule has 4 heteroatoms. The van der Waals surface area contributed by atoms with Crippen LogP contribution in [0.3, 0.4) is 0 Å². The molecule has 0 fully saturated rings. The summed E-state index contributed by atoms with van der Waals surface area (Å²) in [6.45, 7) is 2.05. The Morgan fingerprint density at radius 3 is 3.08 bits per heavy atom. The maximum atomic E-state index is 5.20. The Kier molecular flexibility index (Phi) is 1.88. The number of nitrogens with zero attached hydrogens (tertiary/aromatic N) is 3. The van der Waals surface area contributed by atoms with Gasteiger partial charge in [-0.1, -0.05) is 6.92 Å². The molecule has 0 saturated carbocycles. The van der Waals surface area contributed by atoms with Gasteiger partial charge in [-0.2, -0.15) is 5.10 Å². The molecule has 0 amide bonds. The molecule has 68 valence electrons. The average molecular weight is 177 g/mol. The molecular weight excluding hydrogens is 166 g/mol. The van der Waals surface area contributed by atoms with Gasteiger partial charge in [0.05, 0.1) is 7.11 Å². The summed E-state index contributed by atoms with van der Waals surface area (Å²) in [5, 5.41) is 4.35. The molecule has 0 spiro atoms. The van der Waals surface area contributed by atoms with Crippen molar-refractivity contribution in [2.75, 3.05) is 7.11 Å². The predicted octanol–water partition coefficient (Wildman–Crippen LogP) is 1.30. The van der Waals surface area contributed by atoms with E-state index in [2.05, 4.69) is 10.1 Å². The van der Waals surface area contributed by atoms with Gasteiger partial charge in [-0.25, -0.2) is 9.50 Å². The third-order valence-corrected chi connectivity index (χ3v) is 1.98. The van der Waals surface area contributed by atoms with E-state index in [0.717, 1.165) is 23.5 Å². The SMILES string of the molecule is CCc1nn2ccnc2cc1OC. The molecule has 0 aliphatic carbocycles. The van der Waals surface area contributed by atoms with E-state index in [1.165, 1.54) is 0 Å². The van der Waals surface area contributed by atoms with Crippen LogP contribution in [0.1, 0.15) is 12.6 Å². The van der Waals surface area contributed by atoms with Crippen LogP contribution in [-0.2, 0) is 6.42 Å². The summed E-state index contributed by atoms with van der Waals surface area (Å²) in [4.78, 5) is 4.12. The summed E-state index contributed by atoms with van der Waals surface area (Å²) in [5.41, 5.74) is 1.77. The summed E-state index contributed by atoms with van der Waals surface area (Å²) in [7, 11) is 1.65. The summed E-state index contributed by atoms with van der Waals surface area (Å²) in [5.74, 6) is 0.807. The van der Waals surface area contributed by atoms with E-state index < -0.39 is 0 Å². The van der Waals surface area contributed by atoms with Crippen molar-refractivity contribution in [3.63, 3.8) is 0 Å². The maximum absolute atomic E-state index is 5.20. The minimum Gasteiger partial charge on any atom is -0.495 e. The minimum absolute atomic E-state index is 0.807. The van der Waals surface area contributed by atoms with E-state index in [1.807, 2.05) is 19.2 Å². The number of fused-ring (bicyclic) bond motifs is 1. The standard InChI is InChI=1S/C9H11N3O/c1-3-7-8(13-2)6-9-10-4-5-12(9)11-7/h4-6H,3H2,1-2H3. The Morgan fingerprint density at radius 1 is 1.54 bits per heavy atom. The third kappa shape index (κ3) is 1.24. The van der Waals surface area contributed by atoms with E-state index in [-0.39, 0.29) is 0 Å². The normalized spacial score (nSPS) is 10.6. The molecule has 0 bridgehead atoms. The zero-order chi connectivity index (χ0) is 9.26. The van der Waals surface area contributed by atoms with Gasteiger partial charge >= 0.3 is 0 Å². The fourth-order valence-electron chi connectivity index (χ4n) is 1.30. The summed E-state index contributed by atoms with van der Waals surface area (Å²) >= 11 is 0. The molecule has 2 heterocycles. The Morgan fingerprint density at radius 2 is 2.38 bits per heavy atom. The van der Waals surface area contributed by atoms with Crippen LogP contribution in [0.4, 0.5) is 0 Å². The summed E-state index contributed by atoms with van der Waals surface area (Å²) in [6, 6.07) is 1.89. The number of aryl methyl sites for hydroxylation is 1. The predicted molar refractivity (Wildman–Crippen MR) is 48.9 cm³/mol. The van der Waals surface area contributed by atoms with Crippen molar-refractivity contribution in [2.24, 2.45) is 0 Å².